The maximum Gasteiger partial charge on any atom is 1.00 e. The van der Waals surface area contributed by atoms with Gasteiger partial charge in [0.05, 0.1) is 23.8 Å². The molecule has 0 radical (unpaired) electrons. The van der Waals surface area contributed by atoms with Crippen LogP contribution in [0, 0.1) is 0 Å². The molecule has 0 aliphatic carbocycles. The van der Waals surface area contributed by atoms with Crippen LogP contribution in [-0.2, 0) is 36.7 Å². The van der Waals surface area contributed by atoms with Crippen molar-refractivity contribution in [3.63, 3.8) is 0 Å². The van der Waals surface area contributed by atoms with Crippen molar-refractivity contribution in [2.24, 2.45) is 0 Å². The molecule has 2 amide bonds. The van der Waals surface area contributed by atoms with E-state index in [4.69, 9.17) is 0 Å². The first-order valence-electron chi connectivity index (χ1n) is 9.30. The van der Waals surface area contributed by atoms with E-state index >= 15 is 0 Å². The number of aromatic nitrogens is 3. The molecule has 2 aromatic heterocycles. The van der Waals surface area contributed by atoms with Gasteiger partial charge in [-0.1, -0.05) is 17.8 Å². The second-order valence-corrected chi connectivity index (χ2v) is 11.5. The number of fused-ring (bicyclic) bond motifs is 1. The van der Waals surface area contributed by atoms with Gasteiger partial charge in [0.2, 0.25) is 11.1 Å². The Morgan fingerprint density at radius 2 is 2.09 bits per heavy atom. The van der Waals surface area contributed by atoms with Crippen LogP contribution in [0.3, 0.4) is 0 Å². The van der Waals surface area contributed by atoms with Crippen LogP contribution < -0.4 is 69.5 Å². The summed E-state index contributed by atoms with van der Waals surface area (Å²) in [7, 11) is -4.53. The number of hydrogen-bond acceptors (Lipinski definition) is 12. The number of aliphatic carboxylic acids is 1. The van der Waals surface area contributed by atoms with Crippen molar-refractivity contribution in [1.82, 2.24) is 25.4 Å². The van der Waals surface area contributed by atoms with E-state index in [1.807, 2.05) is 17.5 Å². The van der Waals surface area contributed by atoms with Gasteiger partial charge in [-0.2, -0.15) is 0 Å². The fourth-order valence-electron chi connectivity index (χ4n) is 3.30. The molecule has 2 aliphatic heterocycles. The molecule has 2 N–H and O–H groups in total. The molecular formula is C17H15N5Na2O7S4. The van der Waals surface area contributed by atoms with Crippen molar-refractivity contribution in [3.8, 4) is 0 Å². The van der Waals surface area contributed by atoms with E-state index in [1.54, 1.807) is 0 Å². The molecule has 0 bridgehead atoms. The summed E-state index contributed by atoms with van der Waals surface area (Å²) in [6, 6.07) is 2.81. The smallest absolute Gasteiger partial charge is 0.748 e. The fraction of sp³-hybridized carbons (Fsp3) is 0.353. The Labute approximate surface area is 256 Å². The van der Waals surface area contributed by atoms with Gasteiger partial charge in [-0.25, -0.2) is 13.4 Å². The SMILES string of the molecule is O=C(Cc1cccs1)NC1C(=O)N2C(C(=O)[O-])=C(CSc3n[nH]c(CS(=O)(=O)[O-])n3)CS[C@@H]12.[Na+].[Na+]. The van der Waals surface area contributed by atoms with Crippen LogP contribution in [0.1, 0.15) is 10.7 Å². The van der Waals surface area contributed by atoms with Crippen LogP contribution in [-0.4, -0.2) is 73.8 Å². The number of amides is 2. The van der Waals surface area contributed by atoms with Crippen LogP contribution in [0.5, 0.6) is 0 Å². The summed E-state index contributed by atoms with van der Waals surface area (Å²) < 4.78 is 32.4. The summed E-state index contributed by atoms with van der Waals surface area (Å²) in [6.45, 7) is 0. The first-order chi connectivity index (χ1) is 15.6. The second-order valence-electron chi connectivity index (χ2n) is 7.01. The molecule has 0 aromatic carbocycles. The first-order valence-corrected chi connectivity index (χ1v) is 13.8. The van der Waals surface area contributed by atoms with Crippen molar-refractivity contribution in [1.29, 1.82) is 0 Å². The molecule has 35 heavy (non-hydrogen) atoms. The molecule has 4 heterocycles. The second kappa shape index (κ2) is 12.9. The van der Waals surface area contributed by atoms with Crippen molar-refractivity contribution < 1.29 is 91.6 Å². The average Bonchev–Trinajstić information content (AvgIpc) is 3.40. The Kier molecular flexibility index (Phi) is 11.4. The minimum atomic E-state index is -4.53. The van der Waals surface area contributed by atoms with Crippen molar-refractivity contribution >= 4 is 62.8 Å². The number of hydrogen-bond donors (Lipinski definition) is 2. The number of rotatable bonds is 9. The standard InChI is InChI=1S/C17H17N5O7S4.2Na/c23-11(4-9-2-1-3-30-9)19-12-14(24)22-13(16(25)26)8(5-31-15(12)22)6-32-17-18-10(20-21-17)7-33(27,28)29;;/h1-3,12,15H,4-7H2,(H,19,23)(H,25,26)(H,18,20,21)(H,27,28,29);;/q;2*+1/p-2/t12?,15-;;/m0../s1. The van der Waals surface area contributed by atoms with E-state index in [1.165, 1.54) is 23.1 Å². The number of carbonyl (C=O) groups excluding carboxylic acids is 3. The minimum Gasteiger partial charge on any atom is -0.748 e. The summed E-state index contributed by atoms with van der Waals surface area (Å²) in [5.74, 6) is -2.96. The van der Waals surface area contributed by atoms with E-state index in [-0.39, 0.29) is 99.6 Å². The number of nitrogens with one attached hydrogen (secondary N) is 2. The number of carbonyl (C=O) groups is 3. The number of H-pyrrole nitrogens is 1. The van der Waals surface area contributed by atoms with Crippen molar-refractivity contribution in [2.45, 2.75) is 28.7 Å². The number of carboxylic acid groups (broad SMARTS) is 1. The molecule has 2 aromatic rings. The molecule has 12 nitrogen and oxygen atoms in total. The van der Waals surface area contributed by atoms with Gasteiger partial charge in [-0.15, -0.1) is 28.2 Å². The summed E-state index contributed by atoms with van der Waals surface area (Å²) in [4.78, 5) is 42.6. The number of carboxylic acids is 1. The van der Waals surface area contributed by atoms with Gasteiger partial charge in [-0.05, 0) is 17.0 Å². The van der Waals surface area contributed by atoms with Gasteiger partial charge in [0.25, 0.3) is 5.91 Å². The monoisotopic (exact) mass is 575 g/mol. The van der Waals surface area contributed by atoms with Gasteiger partial charge in [0.15, 0.2) is 0 Å². The number of nitrogens with zero attached hydrogens (tertiary/aromatic N) is 3. The third-order valence-corrected chi connectivity index (χ3v) is 8.45. The number of aromatic amines is 1. The average molecular weight is 576 g/mol. The quantitative estimate of drug-likeness (QED) is 0.125. The molecule has 176 valence electrons. The van der Waals surface area contributed by atoms with Gasteiger partial charge in [-0.3, -0.25) is 19.6 Å². The summed E-state index contributed by atoms with van der Waals surface area (Å²) in [6.07, 6.45) is 0.135. The van der Waals surface area contributed by atoms with E-state index in [0.717, 1.165) is 21.5 Å². The molecular weight excluding hydrogens is 560 g/mol. The minimum absolute atomic E-state index is 0. The molecule has 2 atom stereocenters. The molecule has 1 unspecified atom stereocenters. The van der Waals surface area contributed by atoms with Crippen LogP contribution in [0.15, 0.2) is 33.9 Å². The van der Waals surface area contributed by atoms with E-state index in [9.17, 15) is 32.5 Å². The third-order valence-electron chi connectivity index (χ3n) is 4.67. The topological polar surface area (TPSA) is 188 Å². The third kappa shape index (κ3) is 7.56. The molecule has 18 heteroatoms. The Balaban J connectivity index is 0.00000216. The van der Waals surface area contributed by atoms with Crippen molar-refractivity contribution in [3.05, 3.63) is 39.5 Å². The van der Waals surface area contributed by atoms with Crippen LogP contribution >= 0.6 is 34.9 Å². The zero-order valence-corrected chi connectivity index (χ0v) is 25.8. The zero-order chi connectivity index (χ0) is 23.8. The first kappa shape index (κ1) is 30.8. The van der Waals surface area contributed by atoms with Crippen LogP contribution in [0.25, 0.3) is 0 Å². The van der Waals surface area contributed by atoms with Crippen LogP contribution in [0.2, 0.25) is 0 Å². The molecule has 0 spiro atoms. The van der Waals surface area contributed by atoms with E-state index in [2.05, 4.69) is 20.5 Å². The number of thioether (sulfide) groups is 2. The molecule has 1 fully saturated rings. The van der Waals surface area contributed by atoms with E-state index in [0.29, 0.717) is 5.57 Å². The van der Waals surface area contributed by atoms with Gasteiger partial charge >= 0.3 is 59.1 Å². The predicted molar refractivity (Wildman–Crippen MR) is 116 cm³/mol. The Hall–Kier alpha value is -0.400. The molecule has 4 rings (SSSR count). The number of thiophene rings is 1. The molecule has 0 saturated carbocycles. The summed E-state index contributed by atoms with van der Waals surface area (Å²) in [5.41, 5.74) is 0.152. The Bertz CT molecular complexity index is 1240. The summed E-state index contributed by atoms with van der Waals surface area (Å²) in [5, 5.41) is 22.0. The Morgan fingerprint density at radius 3 is 2.71 bits per heavy atom. The maximum absolute atomic E-state index is 12.7. The normalized spacial score (nSPS) is 19.2. The van der Waals surface area contributed by atoms with Crippen molar-refractivity contribution in [2.75, 3.05) is 11.5 Å². The van der Waals surface area contributed by atoms with E-state index < -0.39 is 39.2 Å². The maximum atomic E-state index is 12.7. The zero-order valence-electron chi connectivity index (χ0n) is 18.5. The predicted octanol–water partition coefficient (Wildman–Crippen LogP) is -7.34. The van der Waals surface area contributed by atoms with Gasteiger partial charge < -0.3 is 19.8 Å². The fourth-order valence-corrected chi connectivity index (χ4v) is 6.77. The van der Waals surface area contributed by atoms with Crippen LogP contribution in [0.4, 0.5) is 0 Å². The molecule has 1 saturated heterocycles. The number of β-lactam (4-membered cyclic amide) rings is 1. The summed E-state index contributed by atoms with van der Waals surface area (Å²) >= 11 is 3.76. The van der Waals surface area contributed by atoms with Gasteiger partial charge in [0.1, 0.15) is 27.4 Å². The van der Waals surface area contributed by atoms with Gasteiger partial charge in [0, 0.05) is 16.4 Å². The Morgan fingerprint density at radius 1 is 1.34 bits per heavy atom. The molecule has 2 aliphatic rings. The largest absolute Gasteiger partial charge is 1.00 e.